The number of hydrogen-bond acceptors (Lipinski definition) is 4. The summed E-state index contributed by atoms with van der Waals surface area (Å²) in [5, 5.41) is 2.54. The molecule has 1 aliphatic rings. The topological polar surface area (TPSA) is 64.6 Å². The Morgan fingerprint density at radius 3 is 3.00 bits per heavy atom. The van der Waals surface area contributed by atoms with E-state index in [1.807, 2.05) is 0 Å². The molecule has 0 spiro atoms. The van der Waals surface area contributed by atoms with E-state index in [-0.39, 0.29) is 18.5 Å². The van der Waals surface area contributed by atoms with Crippen molar-refractivity contribution in [2.45, 2.75) is 13.0 Å². The number of nitrogens with one attached hydrogen (secondary N) is 1. The maximum Gasteiger partial charge on any atom is 0.407 e. The van der Waals surface area contributed by atoms with Gasteiger partial charge in [0, 0.05) is 4.47 Å². The van der Waals surface area contributed by atoms with Crippen molar-refractivity contribution in [1.29, 1.82) is 0 Å². The summed E-state index contributed by atoms with van der Waals surface area (Å²) in [6, 6.07) is 5.21. The number of carbonyl (C=O) groups excluding carboxylic acids is 2. The Kier molecular flexibility index (Phi) is 3.86. The first-order chi connectivity index (χ1) is 8.56. The summed E-state index contributed by atoms with van der Waals surface area (Å²) in [7, 11) is 0. The molecule has 18 heavy (non-hydrogen) atoms. The minimum atomic E-state index is -0.439. The molecular formula is C12H12BrNO4. The molecule has 2 rings (SSSR count). The van der Waals surface area contributed by atoms with Crippen molar-refractivity contribution in [1.82, 2.24) is 5.32 Å². The number of Topliss-reactive ketones (excluding diaryl/α,β-unsaturated/α-hetero) is 1. The Hall–Kier alpha value is -1.56. The van der Waals surface area contributed by atoms with Crippen molar-refractivity contribution in [2.24, 2.45) is 0 Å². The van der Waals surface area contributed by atoms with E-state index in [9.17, 15) is 9.59 Å². The molecule has 1 fully saturated rings. The quantitative estimate of drug-likeness (QED) is 0.865. The SMILES string of the molecule is CC(=O)c1cc(Br)ccc1OCC1CNC(=O)O1. The van der Waals surface area contributed by atoms with E-state index in [2.05, 4.69) is 21.2 Å². The number of rotatable bonds is 4. The van der Waals surface area contributed by atoms with Gasteiger partial charge in [-0.15, -0.1) is 0 Å². The van der Waals surface area contributed by atoms with Gasteiger partial charge in [0.2, 0.25) is 0 Å². The molecule has 1 aromatic rings. The molecular weight excluding hydrogens is 302 g/mol. The van der Waals surface area contributed by atoms with Crippen molar-refractivity contribution in [3.05, 3.63) is 28.2 Å². The number of carbonyl (C=O) groups is 2. The number of hydrogen-bond donors (Lipinski definition) is 1. The zero-order chi connectivity index (χ0) is 13.1. The van der Waals surface area contributed by atoms with Crippen LogP contribution in [0, 0.1) is 0 Å². The smallest absolute Gasteiger partial charge is 0.407 e. The molecule has 0 radical (unpaired) electrons. The van der Waals surface area contributed by atoms with Gasteiger partial charge in [0.05, 0.1) is 12.1 Å². The van der Waals surface area contributed by atoms with Crippen LogP contribution in [0.5, 0.6) is 5.75 Å². The molecule has 1 unspecified atom stereocenters. The molecule has 1 atom stereocenters. The normalized spacial score (nSPS) is 18.1. The van der Waals surface area contributed by atoms with Gasteiger partial charge in [-0.05, 0) is 25.1 Å². The lowest BCUT2D eigenvalue weighted by atomic mass is 10.1. The molecule has 1 heterocycles. The highest BCUT2D eigenvalue weighted by molar-refractivity contribution is 9.10. The molecule has 96 valence electrons. The highest BCUT2D eigenvalue weighted by atomic mass is 79.9. The summed E-state index contributed by atoms with van der Waals surface area (Å²) in [4.78, 5) is 22.3. The van der Waals surface area contributed by atoms with Crippen LogP contribution in [0.25, 0.3) is 0 Å². The molecule has 1 amide bonds. The standard InChI is InChI=1S/C12H12BrNO4/c1-7(15)10-4-8(13)2-3-11(10)17-6-9-5-14-12(16)18-9/h2-4,9H,5-6H2,1H3,(H,14,16). The largest absolute Gasteiger partial charge is 0.489 e. The number of benzene rings is 1. The van der Waals surface area contributed by atoms with Crippen molar-refractivity contribution in [2.75, 3.05) is 13.2 Å². The number of ether oxygens (including phenoxy) is 2. The van der Waals surface area contributed by atoms with Crippen LogP contribution < -0.4 is 10.1 Å². The van der Waals surface area contributed by atoms with Crippen molar-refractivity contribution >= 4 is 27.8 Å². The van der Waals surface area contributed by atoms with Crippen LogP contribution in [-0.4, -0.2) is 31.1 Å². The van der Waals surface area contributed by atoms with E-state index in [1.165, 1.54) is 6.92 Å². The van der Waals surface area contributed by atoms with Gasteiger partial charge in [0.1, 0.15) is 12.4 Å². The van der Waals surface area contributed by atoms with Gasteiger partial charge in [0.25, 0.3) is 0 Å². The molecule has 1 aromatic carbocycles. The predicted octanol–water partition coefficient (Wildman–Crippen LogP) is 2.14. The maximum atomic E-state index is 11.5. The summed E-state index contributed by atoms with van der Waals surface area (Å²) in [6.07, 6.45) is -0.757. The third-order valence-electron chi connectivity index (χ3n) is 2.49. The highest BCUT2D eigenvalue weighted by Gasteiger charge is 2.23. The van der Waals surface area contributed by atoms with Crippen LogP contribution in [0.4, 0.5) is 4.79 Å². The van der Waals surface area contributed by atoms with Crippen LogP contribution in [0.2, 0.25) is 0 Å². The van der Waals surface area contributed by atoms with Gasteiger partial charge in [0.15, 0.2) is 11.9 Å². The Bertz CT molecular complexity index is 489. The summed E-state index contributed by atoms with van der Waals surface area (Å²) < 4.78 is 11.3. The van der Waals surface area contributed by atoms with Crippen molar-refractivity contribution < 1.29 is 19.1 Å². The molecule has 5 nitrogen and oxygen atoms in total. The molecule has 0 saturated carbocycles. The number of ketones is 1. The third kappa shape index (κ3) is 3.01. The fraction of sp³-hybridized carbons (Fsp3) is 0.333. The summed E-state index contributed by atoms with van der Waals surface area (Å²) in [5.74, 6) is 0.418. The number of cyclic esters (lactones) is 1. The van der Waals surface area contributed by atoms with E-state index in [1.54, 1.807) is 18.2 Å². The monoisotopic (exact) mass is 313 g/mol. The molecule has 6 heteroatoms. The minimum absolute atomic E-state index is 0.0761. The zero-order valence-electron chi connectivity index (χ0n) is 9.73. The maximum absolute atomic E-state index is 11.5. The van der Waals surface area contributed by atoms with Gasteiger partial charge >= 0.3 is 6.09 Å². The predicted molar refractivity (Wildman–Crippen MR) is 67.9 cm³/mol. The lowest BCUT2D eigenvalue weighted by Gasteiger charge is -2.12. The van der Waals surface area contributed by atoms with Crippen molar-refractivity contribution in [3.8, 4) is 5.75 Å². The second kappa shape index (κ2) is 5.39. The van der Waals surface area contributed by atoms with Gasteiger partial charge in [-0.3, -0.25) is 4.79 Å². The first-order valence-electron chi connectivity index (χ1n) is 5.44. The molecule has 0 bridgehead atoms. The second-order valence-electron chi connectivity index (χ2n) is 3.92. The molecule has 1 saturated heterocycles. The number of halogens is 1. The van der Waals surface area contributed by atoms with Crippen LogP contribution in [0.15, 0.2) is 22.7 Å². The Balaban J connectivity index is 2.04. The van der Waals surface area contributed by atoms with Gasteiger partial charge in [-0.2, -0.15) is 0 Å². The van der Waals surface area contributed by atoms with E-state index >= 15 is 0 Å². The molecule has 1 aliphatic heterocycles. The van der Waals surface area contributed by atoms with Crippen molar-refractivity contribution in [3.63, 3.8) is 0 Å². The van der Waals surface area contributed by atoms with E-state index in [0.717, 1.165) is 4.47 Å². The Morgan fingerprint density at radius 2 is 2.39 bits per heavy atom. The molecule has 0 aliphatic carbocycles. The van der Waals surface area contributed by atoms with E-state index in [0.29, 0.717) is 17.9 Å². The fourth-order valence-corrected chi connectivity index (χ4v) is 1.97. The van der Waals surface area contributed by atoms with Crippen LogP contribution in [-0.2, 0) is 4.74 Å². The number of alkyl carbamates (subject to hydrolysis) is 1. The van der Waals surface area contributed by atoms with Gasteiger partial charge in [-0.1, -0.05) is 15.9 Å². The fourth-order valence-electron chi connectivity index (χ4n) is 1.61. The summed E-state index contributed by atoms with van der Waals surface area (Å²) in [6.45, 7) is 2.12. The van der Waals surface area contributed by atoms with Crippen LogP contribution in [0.3, 0.4) is 0 Å². The van der Waals surface area contributed by atoms with Gasteiger partial charge < -0.3 is 14.8 Å². The Morgan fingerprint density at radius 1 is 1.61 bits per heavy atom. The third-order valence-corrected chi connectivity index (χ3v) is 2.99. The zero-order valence-corrected chi connectivity index (χ0v) is 11.3. The summed E-state index contributed by atoms with van der Waals surface area (Å²) >= 11 is 3.30. The van der Waals surface area contributed by atoms with Crippen LogP contribution in [0.1, 0.15) is 17.3 Å². The highest BCUT2D eigenvalue weighted by Crippen LogP contribution is 2.24. The second-order valence-corrected chi connectivity index (χ2v) is 4.83. The van der Waals surface area contributed by atoms with Gasteiger partial charge in [-0.25, -0.2) is 4.79 Å². The van der Waals surface area contributed by atoms with E-state index in [4.69, 9.17) is 9.47 Å². The number of amides is 1. The molecule has 0 aromatic heterocycles. The average molecular weight is 314 g/mol. The van der Waals surface area contributed by atoms with E-state index < -0.39 is 6.09 Å². The van der Waals surface area contributed by atoms with Crippen LogP contribution >= 0.6 is 15.9 Å². The lowest BCUT2D eigenvalue weighted by Crippen LogP contribution is -2.22. The minimum Gasteiger partial charge on any atom is -0.489 e. The lowest BCUT2D eigenvalue weighted by molar-refractivity contribution is 0.0973. The molecule has 1 N–H and O–H groups in total. The first kappa shape index (κ1) is 12.9. The summed E-state index contributed by atoms with van der Waals surface area (Å²) in [5.41, 5.74) is 0.502. The Labute approximate surface area is 113 Å². The average Bonchev–Trinajstić information content (AvgIpc) is 2.73. The first-order valence-corrected chi connectivity index (χ1v) is 6.23.